The number of nitrogens with zero attached hydrogens (tertiary/aromatic N) is 2. The maximum atomic E-state index is 12.6. The molecule has 6 nitrogen and oxygen atoms in total. The second-order valence-corrected chi connectivity index (χ2v) is 8.26. The maximum absolute atomic E-state index is 12.6. The Balaban J connectivity index is 1.65. The summed E-state index contributed by atoms with van der Waals surface area (Å²) in [6.07, 6.45) is 1.64. The molecule has 0 aliphatic heterocycles. The van der Waals surface area contributed by atoms with Gasteiger partial charge in [-0.05, 0) is 51.3 Å². The van der Waals surface area contributed by atoms with Crippen LogP contribution in [0.25, 0.3) is 0 Å². The summed E-state index contributed by atoms with van der Waals surface area (Å²) in [5.41, 5.74) is 5.84. The molecule has 3 aromatic carbocycles. The smallest absolute Gasteiger partial charge is 0.251 e. The first-order chi connectivity index (χ1) is 15.4. The van der Waals surface area contributed by atoms with Gasteiger partial charge in [0.1, 0.15) is 0 Å². The highest BCUT2D eigenvalue weighted by atomic mass is 79.9. The zero-order valence-electron chi connectivity index (χ0n) is 18.0. The average Bonchev–Trinajstić information content (AvgIpc) is 2.79. The molecule has 0 fully saturated rings. The summed E-state index contributed by atoms with van der Waals surface area (Å²) in [6, 6.07) is 23.7. The molecule has 2 N–H and O–H groups in total. The minimum Gasteiger partial charge on any atom is -0.377 e. The van der Waals surface area contributed by atoms with Crippen molar-refractivity contribution in [3.05, 3.63) is 100 Å². The van der Waals surface area contributed by atoms with Crippen LogP contribution in [0.2, 0.25) is 0 Å². The molecule has 0 aliphatic rings. The Bertz CT molecular complexity index is 1090. The largest absolute Gasteiger partial charge is 0.377 e. The van der Waals surface area contributed by atoms with Crippen molar-refractivity contribution in [2.45, 2.75) is 12.5 Å². The van der Waals surface area contributed by atoms with Crippen LogP contribution in [0.15, 0.2) is 88.4 Å². The quantitative estimate of drug-likeness (QED) is 0.358. The summed E-state index contributed by atoms with van der Waals surface area (Å²) in [4.78, 5) is 27.2. The molecule has 3 rings (SSSR count). The Morgan fingerprint density at radius 3 is 2.28 bits per heavy atom. The number of amides is 2. The third-order valence-corrected chi connectivity index (χ3v) is 5.42. The Kier molecular flexibility index (Phi) is 8.16. The van der Waals surface area contributed by atoms with Gasteiger partial charge in [0.25, 0.3) is 5.91 Å². The first-order valence-electron chi connectivity index (χ1n) is 10.1. The van der Waals surface area contributed by atoms with Crippen molar-refractivity contribution in [2.24, 2.45) is 5.10 Å². The molecule has 0 aromatic heterocycles. The van der Waals surface area contributed by atoms with E-state index in [1.165, 1.54) is 0 Å². The Hall–Kier alpha value is -3.45. The normalized spacial score (nSPS) is 11.7. The van der Waals surface area contributed by atoms with E-state index >= 15 is 0 Å². The van der Waals surface area contributed by atoms with Crippen LogP contribution < -0.4 is 15.6 Å². The van der Waals surface area contributed by atoms with Crippen LogP contribution in [0, 0.1) is 0 Å². The molecule has 0 saturated carbocycles. The minimum atomic E-state index is -0.479. The summed E-state index contributed by atoms with van der Waals surface area (Å²) >= 11 is 3.54. The zero-order valence-corrected chi connectivity index (χ0v) is 19.5. The topological polar surface area (TPSA) is 73.8 Å². The van der Waals surface area contributed by atoms with Crippen LogP contribution in [-0.4, -0.2) is 32.1 Å². The molecule has 32 heavy (non-hydrogen) atoms. The first-order valence-corrected chi connectivity index (χ1v) is 10.9. The van der Waals surface area contributed by atoms with Crippen molar-refractivity contribution in [1.82, 2.24) is 10.7 Å². The standard InChI is InChI=1S/C25H25BrN4O2/c1-30(2)23-14-13-18(15-21(23)26)17-27-29-24(31)16-22(19-9-5-3-6-10-19)28-25(32)20-11-7-4-8-12-20/h3-15,17,22H,16H2,1-2H3,(H,28,32)(H,29,31)/b27-17-/t22-/m0/s1. The van der Waals surface area contributed by atoms with Crippen molar-refractivity contribution in [3.8, 4) is 0 Å². The monoisotopic (exact) mass is 492 g/mol. The van der Waals surface area contributed by atoms with Gasteiger partial charge >= 0.3 is 0 Å². The molecule has 1 atom stereocenters. The van der Waals surface area contributed by atoms with E-state index in [1.54, 1.807) is 30.5 Å². The number of carbonyl (C=O) groups excluding carboxylic acids is 2. The zero-order chi connectivity index (χ0) is 22.9. The van der Waals surface area contributed by atoms with Gasteiger partial charge in [0.05, 0.1) is 24.4 Å². The Morgan fingerprint density at radius 1 is 1.00 bits per heavy atom. The number of carbonyl (C=O) groups is 2. The van der Waals surface area contributed by atoms with Crippen LogP contribution in [-0.2, 0) is 4.79 Å². The number of benzene rings is 3. The second kappa shape index (κ2) is 11.2. The van der Waals surface area contributed by atoms with Crippen molar-refractivity contribution < 1.29 is 9.59 Å². The summed E-state index contributed by atoms with van der Waals surface area (Å²) in [7, 11) is 3.93. The highest BCUT2D eigenvalue weighted by Crippen LogP contribution is 2.25. The summed E-state index contributed by atoms with van der Waals surface area (Å²) in [6.45, 7) is 0. The molecule has 0 unspecified atom stereocenters. The lowest BCUT2D eigenvalue weighted by atomic mass is 10.0. The number of hydrogen-bond donors (Lipinski definition) is 2. The highest BCUT2D eigenvalue weighted by molar-refractivity contribution is 9.10. The average molecular weight is 493 g/mol. The van der Waals surface area contributed by atoms with E-state index in [9.17, 15) is 9.59 Å². The van der Waals surface area contributed by atoms with Gasteiger partial charge < -0.3 is 10.2 Å². The van der Waals surface area contributed by atoms with Crippen molar-refractivity contribution >= 4 is 39.6 Å². The summed E-state index contributed by atoms with van der Waals surface area (Å²) in [5.74, 6) is -0.533. The molecule has 3 aromatic rings. The van der Waals surface area contributed by atoms with Gasteiger partial charge in [-0.3, -0.25) is 9.59 Å². The van der Waals surface area contributed by atoms with Crippen LogP contribution in [0.1, 0.15) is 33.9 Å². The van der Waals surface area contributed by atoms with Gasteiger partial charge in [0.2, 0.25) is 5.91 Å². The Morgan fingerprint density at radius 2 is 1.66 bits per heavy atom. The van der Waals surface area contributed by atoms with Gasteiger partial charge in [0.15, 0.2) is 0 Å². The molecule has 0 bridgehead atoms. The predicted molar refractivity (Wildman–Crippen MR) is 132 cm³/mol. The van der Waals surface area contributed by atoms with Crippen molar-refractivity contribution in [3.63, 3.8) is 0 Å². The molecule has 0 spiro atoms. The molecule has 0 heterocycles. The first kappa shape index (κ1) is 23.2. The van der Waals surface area contributed by atoms with Gasteiger partial charge in [-0.25, -0.2) is 5.43 Å². The van der Waals surface area contributed by atoms with E-state index in [4.69, 9.17) is 0 Å². The van der Waals surface area contributed by atoms with E-state index in [0.29, 0.717) is 5.56 Å². The van der Waals surface area contributed by atoms with Crippen LogP contribution in [0.3, 0.4) is 0 Å². The fraction of sp³-hybridized carbons (Fsp3) is 0.160. The summed E-state index contributed by atoms with van der Waals surface area (Å²) < 4.78 is 0.936. The molecule has 164 valence electrons. The number of hydrazone groups is 1. The van der Waals surface area contributed by atoms with Crippen LogP contribution >= 0.6 is 15.9 Å². The van der Waals surface area contributed by atoms with E-state index < -0.39 is 6.04 Å². The number of nitrogens with one attached hydrogen (secondary N) is 2. The van der Waals surface area contributed by atoms with E-state index in [1.807, 2.05) is 73.6 Å². The SMILES string of the molecule is CN(C)c1ccc(/C=N\NC(=O)C[C@H](NC(=O)c2ccccc2)c2ccccc2)cc1Br. The molecular formula is C25H25BrN4O2. The van der Waals surface area contributed by atoms with E-state index in [2.05, 4.69) is 31.8 Å². The molecule has 0 radical (unpaired) electrons. The fourth-order valence-electron chi connectivity index (χ4n) is 3.14. The lowest BCUT2D eigenvalue weighted by molar-refractivity contribution is -0.121. The third kappa shape index (κ3) is 6.52. The number of rotatable bonds is 8. The molecule has 2 amide bonds. The summed E-state index contributed by atoms with van der Waals surface area (Å²) in [5, 5.41) is 7.02. The van der Waals surface area contributed by atoms with Crippen molar-refractivity contribution in [2.75, 3.05) is 19.0 Å². The molecular weight excluding hydrogens is 468 g/mol. The number of anilines is 1. The Labute approximate surface area is 196 Å². The van der Waals surface area contributed by atoms with Crippen molar-refractivity contribution in [1.29, 1.82) is 0 Å². The molecule has 7 heteroatoms. The van der Waals surface area contributed by atoms with Gasteiger partial charge in [0, 0.05) is 24.1 Å². The lowest BCUT2D eigenvalue weighted by Gasteiger charge is -2.18. The lowest BCUT2D eigenvalue weighted by Crippen LogP contribution is -2.32. The van der Waals surface area contributed by atoms with Gasteiger partial charge in [-0.1, -0.05) is 54.6 Å². The minimum absolute atomic E-state index is 0.0587. The van der Waals surface area contributed by atoms with Crippen LogP contribution in [0.4, 0.5) is 5.69 Å². The third-order valence-electron chi connectivity index (χ3n) is 4.79. The van der Waals surface area contributed by atoms with E-state index in [-0.39, 0.29) is 18.2 Å². The highest BCUT2D eigenvalue weighted by Gasteiger charge is 2.19. The predicted octanol–water partition coefficient (Wildman–Crippen LogP) is 4.53. The maximum Gasteiger partial charge on any atom is 0.251 e. The second-order valence-electron chi connectivity index (χ2n) is 7.41. The van der Waals surface area contributed by atoms with Gasteiger partial charge in [-0.15, -0.1) is 0 Å². The number of hydrogen-bond acceptors (Lipinski definition) is 4. The molecule has 0 aliphatic carbocycles. The van der Waals surface area contributed by atoms with Crippen LogP contribution in [0.5, 0.6) is 0 Å². The number of halogens is 1. The molecule has 0 saturated heterocycles. The van der Waals surface area contributed by atoms with Gasteiger partial charge in [-0.2, -0.15) is 5.10 Å². The fourth-order valence-corrected chi connectivity index (χ4v) is 3.90. The van der Waals surface area contributed by atoms with E-state index in [0.717, 1.165) is 21.3 Å².